The zero-order valence-electron chi connectivity index (χ0n) is 21.6. The standard InChI is InChI=1S/C20H16FN7OS.C6H10O4/c1-10-7-30-20-27-15(11(2)26-18-16-17(23-8-22-16)24-9-25-18)14(19(29)28(10)20)12-4-3-5-13(21)6-12;7-5(8)3-1-2-4-6(9)10/h3-9,11H,1-2H3,(H2,22,23,24,25,26);1-4H2,(H,7,8)(H,9,10). The highest BCUT2D eigenvalue weighted by molar-refractivity contribution is 7.15. The Bertz CT molecular complexity index is 1720. The lowest BCUT2D eigenvalue weighted by molar-refractivity contribution is -0.139. The van der Waals surface area contributed by atoms with Crippen molar-refractivity contribution in [3.63, 3.8) is 0 Å². The van der Waals surface area contributed by atoms with E-state index in [9.17, 15) is 18.8 Å². The van der Waals surface area contributed by atoms with Crippen LogP contribution in [-0.2, 0) is 9.59 Å². The molecular weight excluding hydrogens is 541 g/mol. The average Bonchev–Trinajstić information content (AvgIpc) is 3.54. The van der Waals surface area contributed by atoms with Gasteiger partial charge in [-0.3, -0.25) is 18.8 Å². The van der Waals surface area contributed by atoms with E-state index in [0.717, 1.165) is 5.69 Å². The Balaban J connectivity index is 0.000000318. The summed E-state index contributed by atoms with van der Waals surface area (Å²) in [6, 6.07) is 5.58. The molecule has 0 bridgehead atoms. The van der Waals surface area contributed by atoms with Gasteiger partial charge in [-0.15, -0.1) is 11.3 Å². The maximum Gasteiger partial charge on any atom is 0.303 e. The van der Waals surface area contributed by atoms with Crippen molar-refractivity contribution in [2.45, 2.75) is 45.6 Å². The number of carbonyl (C=O) groups is 2. The number of aryl methyl sites for hydroxylation is 1. The Kier molecular flexibility index (Phi) is 8.79. The van der Waals surface area contributed by atoms with E-state index in [-0.39, 0.29) is 18.4 Å². The zero-order valence-corrected chi connectivity index (χ0v) is 22.4. The van der Waals surface area contributed by atoms with E-state index in [0.29, 0.717) is 51.6 Å². The fraction of sp³-hybridized carbons (Fsp3) is 0.269. The highest BCUT2D eigenvalue weighted by atomic mass is 32.1. The van der Waals surface area contributed by atoms with Crippen molar-refractivity contribution in [1.29, 1.82) is 0 Å². The maximum absolute atomic E-state index is 14.0. The highest BCUT2D eigenvalue weighted by Gasteiger charge is 2.22. The van der Waals surface area contributed by atoms with Gasteiger partial charge in [0.15, 0.2) is 16.4 Å². The normalized spacial score (nSPS) is 11.7. The predicted octanol–water partition coefficient (Wildman–Crippen LogP) is 4.43. The molecule has 0 saturated carbocycles. The van der Waals surface area contributed by atoms with E-state index in [1.54, 1.807) is 22.9 Å². The Labute approximate surface area is 230 Å². The molecule has 4 aromatic heterocycles. The second-order valence-electron chi connectivity index (χ2n) is 8.87. The van der Waals surface area contributed by atoms with Gasteiger partial charge in [0.2, 0.25) is 0 Å². The molecule has 0 saturated heterocycles. The monoisotopic (exact) mass is 567 g/mol. The molecule has 1 aromatic carbocycles. The number of aliphatic carboxylic acids is 2. The van der Waals surface area contributed by atoms with E-state index in [1.807, 2.05) is 19.2 Å². The molecule has 40 heavy (non-hydrogen) atoms. The van der Waals surface area contributed by atoms with Gasteiger partial charge in [0.25, 0.3) is 5.56 Å². The Morgan fingerprint density at radius 3 is 2.55 bits per heavy atom. The molecule has 4 heterocycles. The van der Waals surface area contributed by atoms with E-state index >= 15 is 0 Å². The van der Waals surface area contributed by atoms with Crippen LogP contribution in [0.1, 0.15) is 50.0 Å². The minimum atomic E-state index is -0.870. The van der Waals surface area contributed by atoms with Gasteiger partial charge in [0, 0.05) is 23.9 Å². The van der Waals surface area contributed by atoms with Crippen molar-refractivity contribution in [2.75, 3.05) is 5.32 Å². The van der Waals surface area contributed by atoms with Crippen LogP contribution in [0, 0.1) is 12.7 Å². The lowest BCUT2D eigenvalue weighted by Gasteiger charge is -2.18. The number of imidazole rings is 1. The molecule has 0 amide bonds. The lowest BCUT2D eigenvalue weighted by Crippen LogP contribution is -2.23. The third-order valence-electron chi connectivity index (χ3n) is 5.89. The van der Waals surface area contributed by atoms with Crippen LogP contribution in [0.2, 0.25) is 0 Å². The molecule has 208 valence electrons. The van der Waals surface area contributed by atoms with E-state index in [1.165, 1.54) is 29.8 Å². The van der Waals surface area contributed by atoms with Crippen LogP contribution in [-0.4, -0.2) is 51.5 Å². The average molecular weight is 568 g/mol. The Morgan fingerprint density at radius 1 is 1.15 bits per heavy atom. The van der Waals surface area contributed by atoms with Gasteiger partial charge in [0.05, 0.1) is 23.6 Å². The molecule has 5 rings (SSSR count). The summed E-state index contributed by atoms with van der Waals surface area (Å²) in [6.07, 6.45) is 3.99. The number of benzene rings is 1. The number of carboxylic acids is 2. The van der Waals surface area contributed by atoms with E-state index < -0.39 is 23.8 Å². The van der Waals surface area contributed by atoms with Gasteiger partial charge in [-0.1, -0.05) is 12.1 Å². The Morgan fingerprint density at radius 2 is 1.88 bits per heavy atom. The molecule has 1 unspecified atom stereocenters. The van der Waals surface area contributed by atoms with Crippen LogP contribution in [0.3, 0.4) is 0 Å². The number of halogens is 1. The van der Waals surface area contributed by atoms with Crippen LogP contribution in [0.15, 0.2) is 47.1 Å². The SMILES string of the molecule is Cc1csc2nc(C(C)Nc3ncnc4[nH]cnc34)c(-c3cccc(F)c3)c(=O)n12.O=C(O)CCCCC(=O)O. The molecule has 14 heteroatoms. The molecule has 0 spiro atoms. The molecular formula is C26H26FN7O5S. The summed E-state index contributed by atoms with van der Waals surface area (Å²) >= 11 is 1.38. The number of H-pyrrole nitrogens is 1. The fourth-order valence-electron chi connectivity index (χ4n) is 4.02. The quantitative estimate of drug-likeness (QED) is 0.186. The molecule has 0 radical (unpaired) electrons. The largest absolute Gasteiger partial charge is 0.481 e. The molecule has 0 aliphatic carbocycles. The van der Waals surface area contributed by atoms with Gasteiger partial charge in [0.1, 0.15) is 17.7 Å². The van der Waals surface area contributed by atoms with Gasteiger partial charge in [-0.05, 0) is 44.4 Å². The van der Waals surface area contributed by atoms with E-state index in [4.69, 9.17) is 15.2 Å². The molecule has 4 N–H and O–H groups in total. The first kappa shape index (κ1) is 28.3. The second kappa shape index (κ2) is 12.4. The molecule has 0 aliphatic rings. The van der Waals surface area contributed by atoms with Crippen LogP contribution in [0.25, 0.3) is 27.3 Å². The minimum Gasteiger partial charge on any atom is -0.481 e. The number of thiazole rings is 1. The minimum absolute atomic E-state index is 0.0628. The molecule has 1 atom stereocenters. The number of hydrogen-bond acceptors (Lipinski definition) is 9. The first-order chi connectivity index (χ1) is 19.2. The third-order valence-corrected chi connectivity index (χ3v) is 6.84. The number of unbranched alkanes of at least 4 members (excludes halogenated alkanes) is 1. The second-order valence-corrected chi connectivity index (χ2v) is 9.70. The zero-order chi connectivity index (χ0) is 28.8. The van der Waals surface area contributed by atoms with Crippen molar-refractivity contribution in [3.05, 3.63) is 69.9 Å². The Hall–Kier alpha value is -4.72. The molecule has 5 aromatic rings. The molecule has 0 fully saturated rings. The van der Waals surface area contributed by atoms with Crippen molar-refractivity contribution >= 4 is 45.2 Å². The van der Waals surface area contributed by atoms with Crippen LogP contribution < -0.4 is 10.9 Å². The predicted molar refractivity (Wildman–Crippen MR) is 147 cm³/mol. The summed E-state index contributed by atoms with van der Waals surface area (Å²) in [7, 11) is 0. The van der Waals surface area contributed by atoms with Crippen molar-refractivity contribution < 1.29 is 24.2 Å². The van der Waals surface area contributed by atoms with Crippen LogP contribution in [0.5, 0.6) is 0 Å². The number of aromatic amines is 1. The molecule has 0 aliphatic heterocycles. The molecule has 12 nitrogen and oxygen atoms in total. The first-order valence-corrected chi connectivity index (χ1v) is 13.1. The van der Waals surface area contributed by atoms with Crippen LogP contribution in [0.4, 0.5) is 10.2 Å². The summed E-state index contributed by atoms with van der Waals surface area (Å²) in [5.74, 6) is -1.64. The number of carboxylic acid groups (broad SMARTS) is 2. The smallest absolute Gasteiger partial charge is 0.303 e. The first-order valence-electron chi connectivity index (χ1n) is 12.3. The topological polar surface area (TPSA) is 175 Å². The third kappa shape index (κ3) is 6.46. The van der Waals surface area contributed by atoms with E-state index in [2.05, 4.69) is 25.3 Å². The lowest BCUT2D eigenvalue weighted by atomic mass is 10.0. The fourth-order valence-corrected chi connectivity index (χ4v) is 4.89. The number of anilines is 1. The number of aromatic nitrogens is 6. The number of nitrogens with one attached hydrogen (secondary N) is 2. The summed E-state index contributed by atoms with van der Waals surface area (Å²) in [4.78, 5) is 54.1. The number of fused-ring (bicyclic) bond motifs is 2. The van der Waals surface area contributed by atoms with Crippen molar-refractivity contribution in [3.8, 4) is 11.1 Å². The van der Waals surface area contributed by atoms with Gasteiger partial charge >= 0.3 is 11.9 Å². The number of nitrogens with zero attached hydrogens (tertiary/aromatic N) is 5. The summed E-state index contributed by atoms with van der Waals surface area (Å²) in [5, 5.41) is 21.4. The summed E-state index contributed by atoms with van der Waals surface area (Å²) < 4.78 is 15.5. The van der Waals surface area contributed by atoms with Gasteiger partial charge < -0.3 is 20.5 Å². The van der Waals surface area contributed by atoms with Crippen LogP contribution >= 0.6 is 11.3 Å². The number of hydrogen-bond donors (Lipinski definition) is 4. The highest BCUT2D eigenvalue weighted by Crippen LogP contribution is 2.29. The van der Waals surface area contributed by atoms with Gasteiger partial charge in [-0.2, -0.15) is 0 Å². The van der Waals surface area contributed by atoms with Gasteiger partial charge in [-0.25, -0.2) is 24.3 Å². The maximum atomic E-state index is 14.0. The number of rotatable bonds is 9. The van der Waals surface area contributed by atoms with Crippen molar-refractivity contribution in [1.82, 2.24) is 29.3 Å². The summed E-state index contributed by atoms with van der Waals surface area (Å²) in [6.45, 7) is 3.72. The summed E-state index contributed by atoms with van der Waals surface area (Å²) in [5.41, 5.74) is 3.06. The van der Waals surface area contributed by atoms with Crippen molar-refractivity contribution in [2.24, 2.45) is 0 Å².